The topological polar surface area (TPSA) is 71.1 Å². The first-order chi connectivity index (χ1) is 14.1. The number of hydrogen-bond acceptors (Lipinski definition) is 6. The summed E-state index contributed by atoms with van der Waals surface area (Å²) in [5.41, 5.74) is -3.41. The summed E-state index contributed by atoms with van der Waals surface area (Å²) in [6.45, 7) is 1.79. The molecule has 1 saturated heterocycles. The standard InChI is InChI=1S/C21H23F2O6P/c1-20(2)26-15-18(29-20)19(24)21(22,23)30(25,27-13-16-9-5-3-6-10-16)28-14-17-11-7-4-8-12-17/h3-12,18H,13-15H2,1-2H3. The summed E-state index contributed by atoms with van der Waals surface area (Å²) in [6, 6.07) is 16.7. The Morgan fingerprint density at radius 2 is 1.50 bits per heavy atom. The van der Waals surface area contributed by atoms with Crippen molar-refractivity contribution in [1.82, 2.24) is 0 Å². The lowest BCUT2D eigenvalue weighted by Crippen LogP contribution is -2.40. The van der Waals surface area contributed by atoms with Crippen LogP contribution >= 0.6 is 7.60 Å². The smallest absolute Gasteiger partial charge is 0.347 e. The average molecular weight is 440 g/mol. The normalized spacial score (nSPS) is 19.0. The molecule has 1 unspecified atom stereocenters. The minimum absolute atomic E-state index is 0.376. The van der Waals surface area contributed by atoms with E-state index in [1.54, 1.807) is 60.7 Å². The Morgan fingerprint density at radius 3 is 1.90 bits per heavy atom. The molecule has 0 saturated carbocycles. The van der Waals surface area contributed by atoms with Crippen LogP contribution in [0.2, 0.25) is 0 Å². The molecule has 0 amide bonds. The SMILES string of the molecule is CC1(C)OCC(C(=O)C(F)(F)P(=O)(OCc2ccccc2)OCc2ccccc2)O1. The van der Waals surface area contributed by atoms with Crippen molar-refractivity contribution in [3.63, 3.8) is 0 Å². The first kappa shape index (κ1) is 22.7. The van der Waals surface area contributed by atoms with Gasteiger partial charge in [-0.05, 0) is 25.0 Å². The van der Waals surface area contributed by atoms with Crippen molar-refractivity contribution in [3.8, 4) is 0 Å². The molecule has 30 heavy (non-hydrogen) atoms. The van der Waals surface area contributed by atoms with Crippen molar-refractivity contribution in [3.05, 3.63) is 71.8 Å². The van der Waals surface area contributed by atoms with Crippen molar-refractivity contribution in [2.24, 2.45) is 0 Å². The predicted octanol–water partition coefficient (Wildman–Crippen LogP) is 4.93. The number of ketones is 1. The summed E-state index contributed by atoms with van der Waals surface area (Å²) in [5, 5.41) is 0. The highest BCUT2D eigenvalue weighted by molar-refractivity contribution is 7.56. The number of carbonyl (C=O) groups excluding carboxylic acids is 1. The van der Waals surface area contributed by atoms with Gasteiger partial charge in [0, 0.05) is 0 Å². The Balaban J connectivity index is 1.82. The van der Waals surface area contributed by atoms with Gasteiger partial charge in [0.15, 0.2) is 5.79 Å². The highest BCUT2D eigenvalue weighted by atomic mass is 31.2. The van der Waals surface area contributed by atoms with E-state index in [4.69, 9.17) is 18.5 Å². The van der Waals surface area contributed by atoms with Crippen LogP contribution in [0.15, 0.2) is 60.7 Å². The van der Waals surface area contributed by atoms with Crippen molar-refractivity contribution in [1.29, 1.82) is 0 Å². The zero-order chi connectivity index (χ0) is 21.8. The number of carbonyl (C=O) groups is 1. The van der Waals surface area contributed by atoms with Gasteiger partial charge in [-0.15, -0.1) is 0 Å². The van der Waals surface area contributed by atoms with E-state index in [0.29, 0.717) is 11.1 Å². The average Bonchev–Trinajstić information content (AvgIpc) is 3.11. The molecular formula is C21H23F2O6P. The maximum Gasteiger partial charge on any atom is 0.408 e. The summed E-state index contributed by atoms with van der Waals surface area (Å²) in [6.07, 6.45) is -1.58. The first-order valence-electron chi connectivity index (χ1n) is 9.34. The van der Waals surface area contributed by atoms with Crippen molar-refractivity contribution >= 4 is 13.4 Å². The molecule has 2 aromatic carbocycles. The second-order valence-electron chi connectivity index (χ2n) is 7.24. The highest BCUT2D eigenvalue weighted by Crippen LogP contribution is 2.63. The Kier molecular flexibility index (Phi) is 6.84. The van der Waals surface area contributed by atoms with Crippen LogP contribution in [-0.4, -0.2) is 29.9 Å². The van der Waals surface area contributed by atoms with Crippen LogP contribution in [0.1, 0.15) is 25.0 Å². The zero-order valence-electron chi connectivity index (χ0n) is 16.6. The van der Waals surface area contributed by atoms with Crippen LogP contribution in [0, 0.1) is 0 Å². The second kappa shape index (κ2) is 9.04. The van der Waals surface area contributed by atoms with E-state index >= 15 is 8.78 Å². The molecule has 1 aliphatic heterocycles. The van der Waals surface area contributed by atoms with Crippen molar-refractivity contribution in [2.75, 3.05) is 6.61 Å². The van der Waals surface area contributed by atoms with Crippen molar-refractivity contribution in [2.45, 2.75) is 44.6 Å². The molecule has 0 radical (unpaired) electrons. The quantitative estimate of drug-likeness (QED) is 0.515. The van der Waals surface area contributed by atoms with E-state index in [1.807, 2.05) is 0 Å². The third-order valence-corrected chi connectivity index (χ3v) is 6.28. The fraction of sp³-hybridized carbons (Fsp3) is 0.381. The Labute approximate surface area is 173 Å². The van der Waals surface area contributed by atoms with Crippen LogP contribution < -0.4 is 0 Å². The maximum absolute atomic E-state index is 15.2. The molecule has 9 heteroatoms. The van der Waals surface area contributed by atoms with E-state index in [0.717, 1.165) is 0 Å². The summed E-state index contributed by atoms with van der Waals surface area (Å²) in [4.78, 5) is 12.5. The lowest BCUT2D eigenvalue weighted by atomic mass is 10.2. The molecule has 0 bridgehead atoms. The van der Waals surface area contributed by atoms with Gasteiger partial charge in [-0.3, -0.25) is 18.4 Å². The monoisotopic (exact) mass is 440 g/mol. The molecule has 0 N–H and O–H groups in total. The lowest BCUT2D eigenvalue weighted by Gasteiger charge is -2.27. The van der Waals surface area contributed by atoms with Gasteiger partial charge in [-0.25, -0.2) is 0 Å². The Bertz CT molecular complexity index is 857. The zero-order valence-corrected chi connectivity index (χ0v) is 17.5. The summed E-state index contributed by atoms with van der Waals surface area (Å²) in [7, 11) is -5.22. The molecule has 6 nitrogen and oxygen atoms in total. The van der Waals surface area contributed by atoms with Gasteiger partial charge in [-0.1, -0.05) is 60.7 Å². The van der Waals surface area contributed by atoms with E-state index < -0.39 is 44.1 Å². The molecule has 3 rings (SSSR count). The summed E-state index contributed by atoms with van der Waals surface area (Å²) >= 11 is 0. The van der Waals surface area contributed by atoms with Crippen LogP contribution in [0.4, 0.5) is 8.78 Å². The van der Waals surface area contributed by atoms with Crippen LogP contribution in [0.3, 0.4) is 0 Å². The molecule has 1 fully saturated rings. The molecule has 1 atom stereocenters. The molecule has 1 heterocycles. The fourth-order valence-corrected chi connectivity index (χ4v) is 4.26. The molecule has 0 aliphatic carbocycles. The van der Waals surface area contributed by atoms with Crippen molar-refractivity contribution < 1.29 is 36.7 Å². The lowest BCUT2D eigenvalue weighted by molar-refractivity contribution is -0.162. The van der Waals surface area contributed by atoms with Crippen LogP contribution in [0.5, 0.6) is 0 Å². The second-order valence-corrected chi connectivity index (χ2v) is 9.31. The largest absolute Gasteiger partial charge is 0.408 e. The van der Waals surface area contributed by atoms with Crippen LogP contribution in [0.25, 0.3) is 0 Å². The third-order valence-electron chi connectivity index (χ3n) is 4.43. The minimum Gasteiger partial charge on any atom is -0.347 e. The summed E-state index contributed by atoms with van der Waals surface area (Å²) in [5.74, 6) is -2.89. The van der Waals surface area contributed by atoms with Gasteiger partial charge in [0.05, 0.1) is 19.8 Å². The van der Waals surface area contributed by atoms with Gasteiger partial charge in [0.1, 0.15) is 6.10 Å². The third kappa shape index (κ3) is 5.20. The number of ether oxygens (including phenoxy) is 2. The predicted molar refractivity (Wildman–Crippen MR) is 105 cm³/mol. The number of benzene rings is 2. The van der Waals surface area contributed by atoms with E-state index in [1.165, 1.54) is 13.8 Å². The molecule has 0 spiro atoms. The minimum atomic E-state index is -5.22. The number of alkyl halides is 2. The Morgan fingerprint density at radius 1 is 1.03 bits per heavy atom. The van der Waals surface area contributed by atoms with E-state index in [-0.39, 0.29) is 6.61 Å². The highest BCUT2D eigenvalue weighted by Gasteiger charge is 2.63. The molecular weight excluding hydrogens is 417 g/mol. The first-order valence-corrected chi connectivity index (χ1v) is 10.9. The molecule has 1 aliphatic rings. The molecule has 0 aromatic heterocycles. The van der Waals surface area contributed by atoms with Gasteiger partial charge >= 0.3 is 13.3 Å². The van der Waals surface area contributed by atoms with Gasteiger partial charge < -0.3 is 9.47 Å². The van der Waals surface area contributed by atoms with Gasteiger partial charge in [0.2, 0.25) is 5.78 Å². The fourth-order valence-electron chi connectivity index (χ4n) is 2.81. The van der Waals surface area contributed by atoms with Crippen LogP contribution in [-0.2, 0) is 41.1 Å². The van der Waals surface area contributed by atoms with E-state index in [2.05, 4.69) is 0 Å². The van der Waals surface area contributed by atoms with Gasteiger partial charge in [0.25, 0.3) is 0 Å². The maximum atomic E-state index is 15.2. The summed E-state index contributed by atoms with van der Waals surface area (Å²) < 4.78 is 64.2. The van der Waals surface area contributed by atoms with E-state index in [9.17, 15) is 9.36 Å². The number of Topliss-reactive ketones (excluding diaryl/α,β-unsaturated/α-hetero) is 1. The molecule has 162 valence electrons. The number of rotatable bonds is 9. The Hall–Kier alpha value is -1.96. The number of hydrogen-bond donors (Lipinski definition) is 0. The number of halogens is 2. The van der Waals surface area contributed by atoms with Gasteiger partial charge in [-0.2, -0.15) is 8.78 Å². The molecule has 2 aromatic rings.